The lowest BCUT2D eigenvalue weighted by Crippen LogP contribution is -2.14. The summed E-state index contributed by atoms with van der Waals surface area (Å²) in [7, 11) is 0. The topological polar surface area (TPSA) is 41.1 Å². The molecule has 0 saturated carbocycles. The Bertz CT molecular complexity index is 921. The molecule has 1 amide bonds. The second-order valence-electron chi connectivity index (χ2n) is 5.85. The second kappa shape index (κ2) is 7.18. The van der Waals surface area contributed by atoms with Crippen LogP contribution in [-0.4, -0.2) is 5.91 Å². The van der Waals surface area contributed by atoms with Crippen molar-refractivity contribution in [3.8, 4) is 0 Å². The van der Waals surface area contributed by atoms with E-state index in [1.807, 2.05) is 44.2 Å². The van der Waals surface area contributed by atoms with Crippen LogP contribution in [-0.2, 0) is 0 Å². The van der Waals surface area contributed by atoms with Gasteiger partial charge < -0.3 is 10.6 Å². The van der Waals surface area contributed by atoms with Gasteiger partial charge >= 0.3 is 0 Å². The minimum atomic E-state index is -0.462. The number of carbonyl (C=O) groups is 1. The summed E-state index contributed by atoms with van der Waals surface area (Å²) in [6, 6.07) is 19.3. The van der Waals surface area contributed by atoms with Gasteiger partial charge in [0.2, 0.25) is 0 Å². The first kappa shape index (κ1) is 16.7. The van der Waals surface area contributed by atoms with E-state index in [-0.39, 0.29) is 11.6 Å². The molecular formula is C21H19FN2O. The quantitative estimate of drug-likeness (QED) is 0.667. The zero-order valence-corrected chi connectivity index (χ0v) is 14.1. The number of para-hydroxylation sites is 2. The van der Waals surface area contributed by atoms with Gasteiger partial charge in [0.1, 0.15) is 5.82 Å². The van der Waals surface area contributed by atoms with E-state index in [1.54, 1.807) is 24.3 Å². The van der Waals surface area contributed by atoms with Crippen LogP contribution in [0.3, 0.4) is 0 Å². The Morgan fingerprint density at radius 3 is 2.20 bits per heavy atom. The summed E-state index contributed by atoms with van der Waals surface area (Å²) in [5.41, 5.74) is 4.50. The molecule has 0 aliphatic carbocycles. The molecule has 25 heavy (non-hydrogen) atoms. The van der Waals surface area contributed by atoms with Crippen LogP contribution in [0.15, 0.2) is 66.7 Å². The lowest BCUT2D eigenvalue weighted by atomic mass is 10.1. The van der Waals surface area contributed by atoms with Gasteiger partial charge in [-0.15, -0.1) is 0 Å². The van der Waals surface area contributed by atoms with Crippen molar-refractivity contribution in [1.82, 2.24) is 0 Å². The molecule has 0 atom stereocenters. The summed E-state index contributed by atoms with van der Waals surface area (Å²) in [5.74, 6) is -0.825. The maximum absolute atomic E-state index is 13.8. The maximum Gasteiger partial charge on any atom is 0.257 e. The normalized spacial score (nSPS) is 10.4. The van der Waals surface area contributed by atoms with E-state index >= 15 is 0 Å². The largest absolute Gasteiger partial charge is 0.355 e. The van der Waals surface area contributed by atoms with E-state index in [0.717, 1.165) is 11.3 Å². The third kappa shape index (κ3) is 3.69. The molecule has 0 saturated heterocycles. The summed E-state index contributed by atoms with van der Waals surface area (Å²) < 4.78 is 13.8. The number of hydrogen-bond donors (Lipinski definition) is 2. The monoisotopic (exact) mass is 334 g/mol. The van der Waals surface area contributed by atoms with Gasteiger partial charge in [-0.05, 0) is 55.3 Å². The van der Waals surface area contributed by atoms with Gasteiger partial charge in [-0.25, -0.2) is 4.39 Å². The number of amides is 1. The molecule has 3 nitrogen and oxygen atoms in total. The summed E-state index contributed by atoms with van der Waals surface area (Å²) in [4.78, 5) is 12.6. The van der Waals surface area contributed by atoms with Gasteiger partial charge in [0, 0.05) is 5.69 Å². The Morgan fingerprint density at radius 2 is 1.44 bits per heavy atom. The molecule has 0 aliphatic rings. The standard InChI is InChI=1S/C21H19FN2O/c1-14-8-7-13-18(15(14)2)23-19-11-5-3-9-16(19)21(25)24-20-12-6-4-10-17(20)22/h3-13,23H,1-2H3,(H,24,25). The van der Waals surface area contributed by atoms with Crippen molar-refractivity contribution in [1.29, 1.82) is 0 Å². The fraction of sp³-hybridized carbons (Fsp3) is 0.0952. The number of halogens is 1. The van der Waals surface area contributed by atoms with Crippen molar-refractivity contribution < 1.29 is 9.18 Å². The summed E-state index contributed by atoms with van der Waals surface area (Å²) >= 11 is 0. The van der Waals surface area contributed by atoms with E-state index in [1.165, 1.54) is 17.7 Å². The number of anilines is 3. The lowest BCUT2D eigenvalue weighted by Gasteiger charge is -2.15. The molecule has 0 aromatic heterocycles. The van der Waals surface area contributed by atoms with Gasteiger partial charge in [-0.2, -0.15) is 0 Å². The molecular weight excluding hydrogens is 315 g/mol. The van der Waals surface area contributed by atoms with Crippen molar-refractivity contribution in [3.63, 3.8) is 0 Å². The van der Waals surface area contributed by atoms with E-state index in [4.69, 9.17) is 0 Å². The molecule has 0 radical (unpaired) electrons. The van der Waals surface area contributed by atoms with Gasteiger partial charge in [0.25, 0.3) is 5.91 Å². The Labute approximate surface area is 146 Å². The van der Waals surface area contributed by atoms with Gasteiger partial charge in [-0.1, -0.05) is 36.4 Å². The van der Waals surface area contributed by atoms with Gasteiger partial charge in [0.15, 0.2) is 0 Å². The molecule has 3 aromatic rings. The number of aryl methyl sites for hydroxylation is 1. The van der Waals surface area contributed by atoms with Crippen LogP contribution in [0, 0.1) is 19.7 Å². The van der Waals surface area contributed by atoms with Crippen molar-refractivity contribution in [2.75, 3.05) is 10.6 Å². The minimum Gasteiger partial charge on any atom is -0.355 e. The Hall–Kier alpha value is -3.14. The molecule has 0 bridgehead atoms. The molecule has 0 spiro atoms. The molecule has 3 aromatic carbocycles. The number of benzene rings is 3. The van der Waals surface area contributed by atoms with Crippen LogP contribution in [0.1, 0.15) is 21.5 Å². The average Bonchev–Trinajstić information content (AvgIpc) is 2.61. The highest BCUT2D eigenvalue weighted by atomic mass is 19.1. The first-order valence-electron chi connectivity index (χ1n) is 8.04. The highest BCUT2D eigenvalue weighted by Crippen LogP contribution is 2.26. The number of hydrogen-bond acceptors (Lipinski definition) is 2. The maximum atomic E-state index is 13.8. The molecule has 0 aliphatic heterocycles. The highest BCUT2D eigenvalue weighted by molar-refractivity contribution is 6.08. The molecule has 0 fully saturated rings. The second-order valence-corrected chi connectivity index (χ2v) is 5.85. The minimum absolute atomic E-state index is 0.161. The van der Waals surface area contributed by atoms with E-state index in [2.05, 4.69) is 10.6 Å². The third-order valence-corrected chi connectivity index (χ3v) is 4.17. The number of rotatable bonds is 4. The number of carbonyl (C=O) groups excluding carboxylic acids is 1. The third-order valence-electron chi connectivity index (χ3n) is 4.17. The van der Waals surface area contributed by atoms with Crippen LogP contribution in [0.25, 0.3) is 0 Å². The molecule has 126 valence electrons. The lowest BCUT2D eigenvalue weighted by molar-refractivity contribution is 0.102. The van der Waals surface area contributed by atoms with Crippen LogP contribution >= 0.6 is 0 Å². The fourth-order valence-electron chi connectivity index (χ4n) is 2.57. The molecule has 0 unspecified atom stereocenters. The summed E-state index contributed by atoms with van der Waals surface area (Å²) in [5, 5.41) is 5.93. The summed E-state index contributed by atoms with van der Waals surface area (Å²) in [6.07, 6.45) is 0. The van der Waals surface area contributed by atoms with Crippen LogP contribution in [0.2, 0.25) is 0 Å². The Kier molecular flexibility index (Phi) is 4.80. The van der Waals surface area contributed by atoms with Crippen LogP contribution < -0.4 is 10.6 Å². The fourth-order valence-corrected chi connectivity index (χ4v) is 2.57. The Balaban J connectivity index is 1.89. The van der Waals surface area contributed by atoms with Crippen LogP contribution in [0.4, 0.5) is 21.5 Å². The predicted octanol–water partition coefficient (Wildman–Crippen LogP) is 5.44. The van der Waals surface area contributed by atoms with Crippen molar-refractivity contribution in [3.05, 3.63) is 89.2 Å². The zero-order valence-electron chi connectivity index (χ0n) is 14.1. The molecule has 3 rings (SSSR count). The molecule has 2 N–H and O–H groups in total. The first-order chi connectivity index (χ1) is 12.1. The first-order valence-corrected chi connectivity index (χ1v) is 8.04. The SMILES string of the molecule is Cc1cccc(Nc2ccccc2C(=O)Nc2ccccc2F)c1C. The van der Waals surface area contributed by atoms with E-state index < -0.39 is 5.82 Å². The molecule has 0 heterocycles. The van der Waals surface area contributed by atoms with E-state index in [9.17, 15) is 9.18 Å². The Morgan fingerprint density at radius 1 is 0.800 bits per heavy atom. The summed E-state index contributed by atoms with van der Waals surface area (Å²) in [6.45, 7) is 4.07. The van der Waals surface area contributed by atoms with Crippen molar-refractivity contribution >= 4 is 23.0 Å². The highest BCUT2D eigenvalue weighted by Gasteiger charge is 2.13. The van der Waals surface area contributed by atoms with Gasteiger partial charge in [0.05, 0.1) is 16.9 Å². The van der Waals surface area contributed by atoms with E-state index in [0.29, 0.717) is 11.3 Å². The van der Waals surface area contributed by atoms with Gasteiger partial charge in [-0.3, -0.25) is 4.79 Å². The molecule has 4 heteroatoms. The van der Waals surface area contributed by atoms with Crippen molar-refractivity contribution in [2.45, 2.75) is 13.8 Å². The van der Waals surface area contributed by atoms with Crippen molar-refractivity contribution in [2.24, 2.45) is 0 Å². The smallest absolute Gasteiger partial charge is 0.257 e. The van der Waals surface area contributed by atoms with Crippen LogP contribution in [0.5, 0.6) is 0 Å². The number of nitrogens with one attached hydrogen (secondary N) is 2. The zero-order chi connectivity index (χ0) is 17.8. The predicted molar refractivity (Wildman–Crippen MR) is 100.0 cm³/mol. The average molecular weight is 334 g/mol.